The number of carboxylic acids is 1. The van der Waals surface area contributed by atoms with Gasteiger partial charge in [0.25, 0.3) is 5.91 Å². The first-order valence-corrected chi connectivity index (χ1v) is 10.1. The van der Waals surface area contributed by atoms with Crippen LogP contribution in [-0.2, 0) is 22.4 Å². The minimum Gasteiger partial charge on any atom is -0.481 e. The Morgan fingerprint density at radius 3 is 2.85 bits per heavy atom. The third-order valence-corrected chi connectivity index (χ3v) is 6.53. The number of amides is 2. The summed E-state index contributed by atoms with van der Waals surface area (Å²) >= 11 is 1.64. The Morgan fingerprint density at radius 1 is 1.35 bits per heavy atom. The number of aliphatic carboxylic acids is 1. The van der Waals surface area contributed by atoms with Crippen LogP contribution in [0.5, 0.6) is 0 Å². The van der Waals surface area contributed by atoms with E-state index in [1.165, 1.54) is 9.78 Å². The lowest BCUT2D eigenvalue weighted by Gasteiger charge is -2.32. The zero-order valence-electron chi connectivity index (χ0n) is 15.4. The molecule has 2 aliphatic rings. The Kier molecular flexibility index (Phi) is 5.65. The van der Waals surface area contributed by atoms with Gasteiger partial charge in [0, 0.05) is 30.4 Å². The van der Waals surface area contributed by atoms with Crippen molar-refractivity contribution in [1.82, 2.24) is 9.80 Å². The van der Waals surface area contributed by atoms with Gasteiger partial charge in [0.2, 0.25) is 5.91 Å². The van der Waals surface area contributed by atoms with Crippen LogP contribution in [-0.4, -0.2) is 59.4 Å². The molecule has 0 aromatic carbocycles. The van der Waals surface area contributed by atoms with Gasteiger partial charge in [-0.05, 0) is 43.6 Å². The molecule has 1 aromatic rings. The summed E-state index contributed by atoms with van der Waals surface area (Å²) < 4.78 is 0. The highest BCUT2D eigenvalue weighted by Crippen LogP contribution is 2.33. The van der Waals surface area contributed by atoms with Crippen molar-refractivity contribution in [3.8, 4) is 0 Å². The number of carbonyl (C=O) groups excluding carboxylic acids is 2. The second-order valence-electron chi connectivity index (χ2n) is 7.58. The van der Waals surface area contributed by atoms with Crippen LogP contribution in [0.25, 0.3) is 0 Å². The fourth-order valence-electron chi connectivity index (χ4n) is 3.84. The van der Waals surface area contributed by atoms with Crippen LogP contribution in [0.1, 0.15) is 47.0 Å². The minimum absolute atomic E-state index is 0.00774. The van der Waals surface area contributed by atoms with E-state index in [0.717, 1.165) is 30.4 Å². The minimum atomic E-state index is -0.855. The Bertz CT molecular complexity index is 714. The molecule has 1 aliphatic heterocycles. The highest BCUT2D eigenvalue weighted by atomic mass is 32.1. The molecular formula is C19H26N2O4S. The maximum atomic E-state index is 12.8. The highest BCUT2D eigenvalue weighted by molar-refractivity contribution is 7.10. The summed E-state index contributed by atoms with van der Waals surface area (Å²) in [6.45, 7) is 3.03. The first-order chi connectivity index (χ1) is 12.4. The predicted molar refractivity (Wildman–Crippen MR) is 99.4 cm³/mol. The van der Waals surface area contributed by atoms with Crippen LogP contribution in [0.15, 0.2) is 5.38 Å². The summed E-state index contributed by atoms with van der Waals surface area (Å²) in [6.07, 6.45) is 4.34. The molecule has 1 N–H and O–H groups in total. The zero-order chi connectivity index (χ0) is 18.8. The molecule has 1 aliphatic carbocycles. The Hall–Kier alpha value is -1.89. The van der Waals surface area contributed by atoms with Crippen LogP contribution in [0, 0.1) is 11.8 Å². The molecule has 7 heteroatoms. The first kappa shape index (κ1) is 18.9. The summed E-state index contributed by atoms with van der Waals surface area (Å²) in [6, 6.07) is 0. The molecule has 0 spiro atoms. The van der Waals surface area contributed by atoms with Gasteiger partial charge in [-0.15, -0.1) is 11.3 Å². The number of carbonyl (C=O) groups is 3. The van der Waals surface area contributed by atoms with Crippen molar-refractivity contribution in [3.05, 3.63) is 21.4 Å². The van der Waals surface area contributed by atoms with E-state index in [-0.39, 0.29) is 24.9 Å². The van der Waals surface area contributed by atoms with E-state index in [1.54, 1.807) is 23.3 Å². The zero-order valence-corrected chi connectivity index (χ0v) is 16.2. The molecule has 0 bridgehead atoms. The third kappa shape index (κ3) is 3.92. The van der Waals surface area contributed by atoms with Gasteiger partial charge in [0.05, 0.1) is 18.0 Å². The Morgan fingerprint density at radius 2 is 2.12 bits per heavy atom. The molecule has 2 amide bonds. The van der Waals surface area contributed by atoms with E-state index in [9.17, 15) is 14.4 Å². The number of likely N-dealkylation sites (N-methyl/N-ethyl adjacent to an activating group) is 1. The van der Waals surface area contributed by atoms with Crippen LogP contribution < -0.4 is 0 Å². The van der Waals surface area contributed by atoms with Crippen LogP contribution in [0.2, 0.25) is 0 Å². The lowest BCUT2D eigenvalue weighted by Crippen LogP contribution is -2.47. The normalized spacial score (nSPS) is 22.6. The summed E-state index contributed by atoms with van der Waals surface area (Å²) in [5, 5.41) is 11.1. The molecule has 0 saturated carbocycles. The van der Waals surface area contributed by atoms with Crippen molar-refractivity contribution in [2.75, 3.05) is 26.7 Å². The summed E-state index contributed by atoms with van der Waals surface area (Å²) in [5.41, 5.74) is 1.88. The average molecular weight is 378 g/mol. The molecule has 1 saturated heterocycles. The van der Waals surface area contributed by atoms with Gasteiger partial charge >= 0.3 is 5.97 Å². The average Bonchev–Trinajstić information content (AvgIpc) is 3.03. The quantitative estimate of drug-likeness (QED) is 0.872. The number of thiophene rings is 1. The lowest BCUT2D eigenvalue weighted by atomic mass is 9.88. The van der Waals surface area contributed by atoms with Crippen molar-refractivity contribution in [2.45, 2.75) is 39.0 Å². The first-order valence-electron chi connectivity index (χ1n) is 9.22. The molecule has 3 rings (SSSR count). The van der Waals surface area contributed by atoms with E-state index in [0.29, 0.717) is 25.3 Å². The molecule has 2 unspecified atom stereocenters. The Balaban J connectivity index is 1.63. The fraction of sp³-hybridized carbons (Fsp3) is 0.632. The van der Waals surface area contributed by atoms with Crippen molar-refractivity contribution >= 4 is 29.1 Å². The smallest absolute Gasteiger partial charge is 0.308 e. The fourth-order valence-corrected chi connectivity index (χ4v) is 5.08. The molecule has 26 heavy (non-hydrogen) atoms. The van der Waals surface area contributed by atoms with E-state index in [4.69, 9.17) is 5.11 Å². The van der Waals surface area contributed by atoms with Gasteiger partial charge < -0.3 is 14.9 Å². The number of likely N-dealkylation sites (tertiary alicyclic amines) is 1. The van der Waals surface area contributed by atoms with Crippen molar-refractivity contribution in [2.24, 2.45) is 11.8 Å². The van der Waals surface area contributed by atoms with Gasteiger partial charge in [-0.3, -0.25) is 14.4 Å². The third-order valence-electron chi connectivity index (χ3n) is 5.47. The number of hydrogen-bond acceptors (Lipinski definition) is 4. The van der Waals surface area contributed by atoms with Gasteiger partial charge in [-0.25, -0.2) is 0 Å². The molecule has 1 fully saturated rings. The van der Waals surface area contributed by atoms with Gasteiger partial charge in [-0.1, -0.05) is 6.92 Å². The largest absolute Gasteiger partial charge is 0.481 e. The van der Waals surface area contributed by atoms with E-state index in [1.807, 2.05) is 5.38 Å². The van der Waals surface area contributed by atoms with Gasteiger partial charge in [0.15, 0.2) is 0 Å². The molecular weight excluding hydrogens is 352 g/mol. The topological polar surface area (TPSA) is 77.9 Å². The van der Waals surface area contributed by atoms with E-state index in [2.05, 4.69) is 6.92 Å². The van der Waals surface area contributed by atoms with Crippen LogP contribution in [0.3, 0.4) is 0 Å². The van der Waals surface area contributed by atoms with Crippen LogP contribution >= 0.6 is 11.3 Å². The second kappa shape index (κ2) is 7.78. The lowest BCUT2D eigenvalue weighted by molar-refractivity contribution is -0.145. The number of hydrogen-bond donors (Lipinski definition) is 1. The standard InChI is InChI=1S/C19H26N2O4S/c1-12-5-6-14-15(11-26-16(14)8-12)18(23)20(2)10-17(22)21-7-3-4-13(9-21)19(24)25/h11-13H,3-10H2,1-2H3,(H,24,25). The molecule has 1 aromatic heterocycles. The van der Waals surface area contributed by atoms with Crippen molar-refractivity contribution in [3.63, 3.8) is 0 Å². The number of carboxylic acid groups (broad SMARTS) is 1. The summed E-state index contributed by atoms with van der Waals surface area (Å²) in [5.74, 6) is -0.989. The molecule has 2 atom stereocenters. The van der Waals surface area contributed by atoms with Crippen molar-refractivity contribution < 1.29 is 19.5 Å². The number of nitrogens with zero attached hydrogens (tertiary/aromatic N) is 2. The van der Waals surface area contributed by atoms with E-state index < -0.39 is 11.9 Å². The predicted octanol–water partition coefficient (Wildman–Crippen LogP) is 2.27. The maximum Gasteiger partial charge on any atom is 0.308 e. The second-order valence-corrected chi connectivity index (χ2v) is 8.54. The van der Waals surface area contributed by atoms with Gasteiger partial charge in [0.1, 0.15) is 0 Å². The molecule has 142 valence electrons. The van der Waals surface area contributed by atoms with Crippen LogP contribution in [0.4, 0.5) is 0 Å². The summed E-state index contributed by atoms with van der Waals surface area (Å²) in [4.78, 5) is 40.9. The number of rotatable bonds is 4. The Labute approximate surface area is 157 Å². The van der Waals surface area contributed by atoms with E-state index >= 15 is 0 Å². The van der Waals surface area contributed by atoms with Crippen molar-refractivity contribution in [1.29, 1.82) is 0 Å². The molecule has 6 nitrogen and oxygen atoms in total. The molecule has 0 radical (unpaired) electrons. The van der Waals surface area contributed by atoms with Gasteiger partial charge in [-0.2, -0.15) is 0 Å². The summed E-state index contributed by atoms with van der Waals surface area (Å²) in [7, 11) is 1.65. The molecule has 2 heterocycles. The maximum absolute atomic E-state index is 12.8. The SMILES string of the molecule is CC1CCc2c(C(=O)N(C)CC(=O)N3CCCC(C(=O)O)C3)csc2C1. The number of fused-ring (bicyclic) bond motifs is 1. The highest BCUT2D eigenvalue weighted by Gasteiger charge is 2.30. The monoisotopic (exact) mass is 378 g/mol. The number of piperidine rings is 1.